The van der Waals surface area contributed by atoms with Gasteiger partial charge in [0.1, 0.15) is 11.8 Å². The number of pyridine rings is 2. The Morgan fingerprint density at radius 1 is 1.05 bits per heavy atom. The lowest BCUT2D eigenvalue weighted by Gasteiger charge is -2.11. The van der Waals surface area contributed by atoms with Crippen molar-refractivity contribution in [3.63, 3.8) is 0 Å². The van der Waals surface area contributed by atoms with Gasteiger partial charge < -0.3 is 4.74 Å². The summed E-state index contributed by atoms with van der Waals surface area (Å²) in [5.74, 6) is 0.683. The second-order valence-electron chi connectivity index (χ2n) is 4.67. The van der Waals surface area contributed by atoms with E-state index in [-0.39, 0.29) is 0 Å². The molecule has 0 unspecified atom stereocenters. The molecule has 0 fully saturated rings. The minimum atomic E-state index is 0.518. The molecule has 22 heavy (non-hydrogen) atoms. The molecule has 0 bridgehead atoms. The van der Waals surface area contributed by atoms with Crippen LogP contribution in [-0.4, -0.2) is 17.1 Å². The van der Waals surface area contributed by atoms with Gasteiger partial charge in [-0.25, -0.2) is 0 Å². The van der Waals surface area contributed by atoms with E-state index in [0.717, 1.165) is 16.7 Å². The third-order valence-corrected chi connectivity index (χ3v) is 3.38. The van der Waals surface area contributed by atoms with Crippen LogP contribution in [0.1, 0.15) is 5.56 Å². The van der Waals surface area contributed by atoms with Gasteiger partial charge >= 0.3 is 0 Å². The molecule has 0 radical (unpaired) electrons. The minimum Gasteiger partial charge on any atom is -0.496 e. The molecule has 2 aromatic heterocycles. The summed E-state index contributed by atoms with van der Waals surface area (Å²) < 4.78 is 5.43. The normalized spacial score (nSPS) is 10.0. The van der Waals surface area contributed by atoms with Crippen molar-refractivity contribution in [2.45, 2.75) is 0 Å². The van der Waals surface area contributed by atoms with Crippen LogP contribution in [0.25, 0.3) is 22.4 Å². The first kappa shape index (κ1) is 13.8. The lowest BCUT2D eigenvalue weighted by Crippen LogP contribution is -1.94. The molecule has 4 heteroatoms. The van der Waals surface area contributed by atoms with Crippen molar-refractivity contribution in [3.05, 3.63) is 66.6 Å². The molecule has 0 spiro atoms. The third kappa shape index (κ3) is 2.52. The smallest absolute Gasteiger partial charge is 0.128 e. The fraction of sp³-hybridized carbons (Fsp3) is 0.0556. The van der Waals surface area contributed by atoms with Crippen LogP contribution in [0.3, 0.4) is 0 Å². The van der Waals surface area contributed by atoms with Gasteiger partial charge in [-0.05, 0) is 35.9 Å². The molecule has 0 saturated heterocycles. The van der Waals surface area contributed by atoms with Crippen LogP contribution in [0, 0.1) is 11.3 Å². The number of hydrogen-bond donors (Lipinski definition) is 0. The van der Waals surface area contributed by atoms with E-state index in [1.54, 1.807) is 37.8 Å². The van der Waals surface area contributed by atoms with Gasteiger partial charge in [0.2, 0.25) is 0 Å². The summed E-state index contributed by atoms with van der Waals surface area (Å²) >= 11 is 0. The van der Waals surface area contributed by atoms with Gasteiger partial charge in [-0.3, -0.25) is 9.97 Å². The van der Waals surface area contributed by atoms with Crippen LogP contribution in [0.15, 0.2) is 61.1 Å². The van der Waals surface area contributed by atoms with Crippen LogP contribution in [-0.2, 0) is 0 Å². The molecule has 2 heterocycles. The van der Waals surface area contributed by atoms with Crippen LogP contribution in [0.5, 0.6) is 5.75 Å². The molecule has 0 atom stereocenters. The maximum Gasteiger partial charge on any atom is 0.128 e. The van der Waals surface area contributed by atoms with Gasteiger partial charge in [0.25, 0.3) is 0 Å². The molecule has 0 aliphatic rings. The second kappa shape index (κ2) is 6.06. The molecule has 4 nitrogen and oxygen atoms in total. The van der Waals surface area contributed by atoms with Crippen molar-refractivity contribution in [1.29, 1.82) is 5.26 Å². The summed E-state index contributed by atoms with van der Waals surface area (Å²) in [5, 5.41) is 9.29. The molecule has 0 amide bonds. The Bertz CT molecular complexity index is 838. The molecular formula is C18H13N3O. The molecule has 0 N–H and O–H groups in total. The van der Waals surface area contributed by atoms with Gasteiger partial charge in [-0.15, -0.1) is 0 Å². The molecule has 0 aliphatic heterocycles. The van der Waals surface area contributed by atoms with Crippen molar-refractivity contribution in [2.75, 3.05) is 7.11 Å². The lowest BCUT2D eigenvalue weighted by molar-refractivity contribution is 0.416. The van der Waals surface area contributed by atoms with Crippen LogP contribution >= 0.6 is 0 Å². The fourth-order valence-corrected chi connectivity index (χ4v) is 2.32. The molecule has 3 aromatic rings. The number of nitriles is 1. The highest BCUT2D eigenvalue weighted by Crippen LogP contribution is 2.34. The van der Waals surface area contributed by atoms with E-state index in [1.165, 1.54) is 0 Å². The molecule has 106 valence electrons. The minimum absolute atomic E-state index is 0.518. The average Bonchev–Trinajstić information content (AvgIpc) is 2.62. The zero-order valence-electron chi connectivity index (χ0n) is 12.0. The first-order valence-corrected chi connectivity index (χ1v) is 6.77. The number of rotatable bonds is 3. The quantitative estimate of drug-likeness (QED) is 0.737. The van der Waals surface area contributed by atoms with Gasteiger partial charge in [-0.2, -0.15) is 5.26 Å². The van der Waals surface area contributed by atoms with E-state index in [0.29, 0.717) is 17.0 Å². The predicted molar refractivity (Wildman–Crippen MR) is 84.2 cm³/mol. The number of hydrogen-bond acceptors (Lipinski definition) is 4. The van der Waals surface area contributed by atoms with Crippen molar-refractivity contribution in [3.8, 4) is 34.2 Å². The first-order valence-electron chi connectivity index (χ1n) is 6.77. The topological polar surface area (TPSA) is 58.8 Å². The Hall–Kier alpha value is -3.19. The highest BCUT2D eigenvalue weighted by molar-refractivity contribution is 5.78. The largest absolute Gasteiger partial charge is 0.496 e. The monoisotopic (exact) mass is 287 g/mol. The van der Waals surface area contributed by atoms with E-state index in [1.807, 2.05) is 30.3 Å². The van der Waals surface area contributed by atoms with Crippen molar-refractivity contribution < 1.29 is 4.74 Å². The molecule has 0 aliphatic carbocycles. The summed E-state index contributed by atoms with van der Waals surface area (Å²) in [6.45, 7) is 0. The van der Waals surface area contributed by atoms with Crippen LogP contribution < -0.4 is 4.74 Å². The van der Waals surface area contributed by atoms with E-state index in [2.05, 4.69) is 16.0 Å². The Labute approximate surface area is 128 Å². The Morgan fingerprint density at radius 3 is 2.64 bits per heavy atom. The van der Waals surface area contributed by atoms with Gasteiger partial charge in [0, 0.05) is 29.7 Å². The number of nitrogens with zero attached hydrogens (tertiary/aromatic N) is 3. The van der Waals surface area contributed by atoms with E-state index >= 15 is 0 Å². The summed E-state index contributed by atoms with van der Waals surface area (Å²) in [7, 11) is 1.61. The molecule has 0 saturated carbocycles. The maximum absolute atomic E-state index is 9.29. The number of aromatic nitrogens is 2. The standard InChI is InChI=1S/C18H13N3O/c1-22-17-7-6-13(15-5-2-8-20-12-15)10-16(17)18-14(11-19)4-3-9-21-18/h2-10,12H,1H3. The highest BCUT2D eigenvalue weighted by Gasteiger charge is 2.13. The Balaban J connectivity index is 2.20. The lowest BCUT2D eigenvalue weighted by atomic mass is 9.99. The van der Waals surface area contributed by atoms with E-state index < -0.39 is 0 Å². The Morgan fingerprint density at radius 2 is 1.91 bits per heavy atom. The fourth-order valence-electron chi connectivity index (χ4n) is 2.32. The number of methoxy groups -OCH3 is 1. The van der Waals surface area contributed by atoms with Crippen molar-refractivity contribution in [2.24, 2.45) is 0 Å². The summed E-state index contributed by atoms with van der Waals surface area (Å²) in [5.41, 5.74) is 3.93. The SMILES string of the molecule is COc1ccc(-c2cccnc2)cc1-c1ncccc1C#N. The Kier molecular flexibility index (Phi) is 3.80. The average molecular weight is 287 g/mol. The van der Waals surface area contributed by atoms with Gasteiger partial charge in [0.15, 0.2) is 0 Å². The number of benzene rings is 1. The summed E-state index contributed by atoms with van der Waals surface area (Å²) in [4.78, 5) is 8.49. The van der Waals surface area contributed by atoms with Gasteiger partial charge in [0.05, 0.1) is 18.4 Å². The molecular weight excluding hydrogens is 274 g/mol. The zero-order chi connectivity index (χ0) is 15.4. The first-order chi connectivity index (χ1) is 10.8. The van der Waals surface area contributed by atoms with Crippen LogP contribution in [0.2, 0.25) is 0 Å². The predicted octanol–water partition coefficient (Wildman–Crippen LogP) is 3.69. The molecule has 1 aromatic carbocycles. The van der Waals surface area contributed by atoms with E-state index in [4.69, 9.17) is 4.74 Å². The third-order valence-electron chi connectivity index (χ3n) is 3.38. The summed E-state index contributed by atoms with van der Waals surface area (Å²) in [6.07, 6.45) is 5.21. The van der Waals surface area contributed by atoms with E-state index in [9.17, 15) is 5.26 Å². The maximum atomic E-state index is 9.29. The second-order valence-corrected chi connectivity index (χ2v) is 4.67. The van der Waals surface area contributed by atoms with Crippen LogP contribution in [0.4, 0.5) is 0 Å². The van der Waals surface area contributed by atoms with Crippen molar-refractivity contribution in [1.82, 2.24) is 9.97 Å². The zero-order valence-corrected chi connectivity index (χ0v) is 12.0. The van der Waals surface area contributed by atoms with Crippen molar-refractivity contribution >= 4 is 0 Å². The number of ether oxygens (including phenoxy) is 1. The van der Waals surface area contributed by atoms with Gasteiger partial charge in [-0.1, -0.05) is 12.1 Å². The summed E-state index contributed by atoms with van der Waals surface area (Å²) in [6, 6.07) is 15.4. The molecule has 3 rings (SSSR count). The highest BCUT2D eigenvalue weighted by atomic mass is 16.5.